The van der Waals surface area contributed by atoms with Crippen LogP contribution in [0.5, 0.6) is 0 Å². The Kier molecular flexibility index (Phi) is 8.42. The average Bonchev–Trinajstić information content (AvgIpc) is 2.90. The number of likely N-dealkylation sites (tertiary alicyclic amines) is 1. The van der Waals surface area contributed by atoms with E-state index >= 15 is 0 Å². The first kappa shape index (κ1) is 23.6. The lowest BCUT2D eigenvalue weighted by Crippen LogP contribution is -2.38. The number of ether oxygens (including phenoxy) is 1. The molecule has 1 aliphatic heterocycles. The van der Waals surface area contributed by atoms with Gasteiger partial charge in [-0.2, -0.15) is 25.9 Å². The van der Waals surface area contributed by atoms with Gasteiger partial charge >= 0.3 is 6.09 Å². The van der Waals surface area contributed by atoms with E-state index in [2.05, 4.69) is 11.3 Å². The van der Waals surface area contributed by atoms with Crippen LogP contribution in [0, 0.1) is 0 Å². The molecule has 0 aromatic heterocycles. The molecule has 12 heteroatoms. The van der Waals surface area contributed by atoms with Crippen molar-refractivity contribution in [1.29, 1.82) is 0 Å². The quantitative estimate of drug-likeness (QED) is 0.410. The van der Waals surface area contributed by atoms with Gasteiger partial charge in [-0.05, 0) is 6.92 Å². The molecular formula is C15H27N3O7S2. The van der Waals surface area contributed by atoms with E-state index in [9.17, 15) is 21.6 Å². The van der Waals surface area contributed by atoms with E-state index in [0.717, 1.165) is 10.6 Å². The Morgan fingerprint density at radius 2 is 1.96 bits per heavy atom. The van der Waals surface area contributed by atoms with Crippen LogP contribution in [0.3, 0.4) is 0 Å². The molecule has 0 spiro atoms. The minimum Gasteiger partial charge on any atom is -0.445 e. The lowest BCUT2D eigenvalue weighted by atomic mass is 10.1. The molecule has 1 saturated heterocycles. The summed E-state index contributed by atoms with van der Waals surface area (Å²) >= 11 is 0. The number of amides is 1. The van der Waals surface area contributed by atoms with Crippen molar-refractivity contribution in [1.82, 2.24) is 13.9 Å². The van der Waals surface area contributed by atoms with Crippen LogP contribution >= 0.6 is 0 Å². The molecule has 2 atom stereocenters. The number of rotatable bonds is 9. The van der Waals surface area contributed by atoms with Gasteiger partial charge in [-0.3, -0.25) is 9.08 Å². The fourth-order valence-electron chi connectivity index (χ4n) is 2.45. The largest absolute Gasteiger partial charge is 0.445 e. The molecule has 1 N–H and O–H groups in total. The topological polar surface area (TPSA) is 122 Å². The maximum atomic E-state index is 12.2. The number of nitrogens with zero attached hydrogens (tertiary/aromatic N) is 2. The Hall–Kier alpha value is -1.47. The summed E-state index contributed by atoms with van der Waals surface area (Å²) in [5, 5.41) is 0. The maximum Gasteiger partial charge on any atom is 0.410 e. The van der Waals surface area contributed by atoms with Crippen molar-refractivity contribution in [2.24, 2.45) is 0 Å². The highest BCUT2D eigenvalue weighted by molar-refractivity contribution is 7.87. The molecule has 27 heavy (non-hydrogen) atoms. The molecule has 10 nitrogen and oxygen atoms in total. The standard InChI is InChI=1S/C15H27N3O7S2/c1-6-7-24-15(19)18-11-14(25-26(5,20)21)9-13(18)8-12(2)10-16-27(22,23)17(3)4/h6,8,13-14,16H,1,7,9-11H2,2-5H3/t13-,14-/m1/s1. The molecule has 0 aromatic carbocycles. The zero-order valence-electron chi connectivity index (χ0n) is 15.9. The summed E-state index contributed by atoms with van der Waals surface area (Å²) in [4.78, 5) is 13.6. The first-order valence-corrected chi connectivity index (χ1v) is 11.4. The van der Waals surface area contributed by atoms with Crippen molar-refractivity contribution in [3.63, 3.8) is 0 Å². The van der Waals surface area contributed by atoms with Gasteiger partial charge in [0.15, 0.2) is 0 Å². The zero-order chi connectivity index (χ0) is 20.8. The fourth-order valence-corrected chi connectivity index (χ4v) is 3.75. The highest BCUT2D eigenvalue weighted by atomic mass is 32.2. The van der Waals surface area contributed by atoms with E-state index in [-0.39, 0.29) is 26.1 Å². The predicted octanol–water partition coefficient (Wildman–Crippen LogP) is 0.0704. The molecule has 156 valence electrons. The molecule has 1 rings (SSSR count). The van der Waals surface area contributed by atoms with Gasteiger partial charge in [-0.25, -0.2) is 4.79 Å². The smallest absolute Gasteiger partial charge is 0.410 e. The summed E-state index contributed by atoms with van der Waals surface area (Å²) in [6.07, 6.45) is 2.97. The van der Waals surface area contributed by atoms with Crippen molar-refractivity contribution >= 4 is 26.4 Å². The van der Waals surface area contributed by atoms with E-state index in [0.29, 0.717) is 5.57 Å². The summed E-state index contributed by atoms with van der Waals surface area (Å²) in [6, 6.07) is -0.488. The van der Waals surface area contributed by atoms with Crippen LogP contribution in [0.15, 0.2) is 24.3 Å². The molecule has 0 unspecified atom stereocenters. The van der Waals surface area contributed by atoms with E-state index < -0.39 is 38.6 Å². The van der Waals surface area contributed by atoms with Crippen LogP contribution in [-0.4, -0.2) is 84.3 Å². The molecule has 1 fully saturated rings. The second kappa shape index (κ2) is 9.64. The normalized spacial score (nSPS) is 21.5. The third-order valence-electron chi connectivity index (χ3n) is 3.67. The van der Waals surface area contributed by atoms with Gasteiger partial charge in [0.1, 0.15) is 6.61 Å². The lowest BCUT2D eigenvalue weighted by Gasteiger charge is -2.22. The Morgan fingerprint density at radius 1 is 1.33 bits per heavy atom. The van der Waals surface area contributed by atoms with Crippen LogP contribution in [0.1, 0.15) is 13.3 Å². The molecular weight excluding hydrogens is 398 g/mol. The highest BCUT2D eigenvalue weighted by Gasteiger charge is 2.37. The maximum absolute atomic E-state index is 12.2. The fraction of sp³-hybridized carbons (Fsp3) is 0.667. The molecule has 0 aliphatic carbocycles. The SMILES string of the molecule is C=CCOC(=O)N1C[C@H](OS(C)(=O)=O)C[C@H]1C=C(C)CNS(=O)(=O)N(C)C. The first-order valence-electron chi connectivity index (χ1n) is 8.12. The van der Waals surface area contributed by atoms with Crippen molar-refractivity contribution in [3.8, 4) is 0 Å². The van der Waals surface area contributed by atoms with Gasteiger partial charge in [0.05, 0.1) is 24.9 Å². The molecule has 1 heterocycles. The molecule has 0 radical (unpaired) electrons. The van der Waals surface area contributed by atoms with Crippen molar-refractivity contribution in [2.45, 2.75) is 25.5 Å². The number of hydrogen-bond donors (Lipinski definition) is 1. The van der Waals surface area contributed by atoms with E-state index in [4.69, 9.17) is 8.92 Å². The lowest BCUT2D eigenvalue weighted by molar-refractivity contribution is 0.109. The molecule has 0 saturated carbocycles. The summed E-state index contributed by atoms with van der Waals surface area (Å²) in [7, 11) is -4.45. The Morgan fingerprint density at radius 3 is 2.48 bits per heavy atom. The van der Waals surface area contributed by atoms with Gasteiger partial charge < -0.3 is 4.74 Å². The highest BCUT2D eigenvalue weighted by Crippen LogP contribution is 2.24. The van der Waals surface area contributed by atoms with Crippen molar-refractivity contribution in [2.75, 3.05) is 40.0 Å². The van der Waals surface area contributed by atoms with Crippen LogP contribution in [0.4, 0.5) is 4.79 Å². The van der Waals surface area contributed by atoms with Crippen LogP contribution in [0.2, 0.25) is 0 Å². The first-order chi connectivity index (χ1) is 12.4. The minimum atomic E-state index is -3.68. The van der Waals surface area contributed by atoms with Gasteiger partial charge in [-0.15, -0.1) is 0 Å². The van der Waals surface area contributed by atoms with Gasteiger partial charge in [0.25, 0.3) is 20.3 Å². The van der Waals surface area contributed by atoms with Gasteiger partial charge in [0.2, 0.25) is 0 Å². The van der Waals surface area contributed by atoms with E-state index in [1.165, 1.54) is 25.1 Å². The van der Waals surface area contributed by atoms with Crippen LogP contribution < -0.4 is 4.72 Å². The number of nitrogens with one attached hydrogen (secondary N) is 1. The average molecular weight is 426 g/mol. The third kappa shape index (κ3) is 7.97. The van der Waals surface area contributed by atoms with Crippen molar-refractivity contribution < 1.29 is 30.6 Å². The second-order valence-electron chi connectivity index (χ2n) is 6.36. The molecule has 0 aromatic rings. The van der Waals surface area contributed by atoms with Crippen LogP contribution in [0.25, 0.3) is 0 Å². The molecule has 0 bridgehead atoms. The number of carbonyl (C=O) groups excluding carboxylic acids is 1. The Bertz CT molecular complexity index is 775. The molecule has 1 amide bonds. The van der Waals surface area contributed by atoms with Crippen LogP contribution in [-0.2, 0) is 29.2 Å². The summed E-state index contributed by atoms with van der Waals surface area (Å²) < 4.78 is 59.8. The van der Waals surface area contributed by atoms with Crippen molar-refractivity contribution in [3.05, 3.63) is 24.3 Å². The Labute approximate surface area is 161 Å². The number of carbonyl (C=O) groups is 1. The third-order valence-corrected chi connectivity index (χ3v) is 5.76. The molecule has 1 aliphatic rings. The van der Waals surface area contributed by atoms with E-state index in [1.54, 1.807) is 13.0 Å². The Balaban J connectivity index is 2.90. The second-order valence-corrected chi connectivity index (χ2v) is 9.93. The predicted molar refractivity (Wildman–Crippen MR) is 101 cm³/mol. The summed E-state index contributed by atoms with van der Waals surface area (Å²) in [6.45, 7) is 5.28. The van der Waals surface area contributed by atoms with Gasteiger partial charge in [-0.1, -0.05) is 24.3 Å². The zero-order valence-corrected chi connectivity index (χ0v) is 17.5. The van der Waals surface area contributed by atoms with E-state index in [1.807, 2.05) is 0 Å². The number of hydrogen-bond acceptors (Lipinski definition) is 7. The summed E-state index contributed by atoms with van der Waals surface area (Å²) in [5.74, 6) is 0. The minimum absolute atomic E-state index is 0.0188. The summed E-state index contributed by atoms with van der Waals surface area (Å²) in [5.41, 5.74) is 0.659. The van der Waals surface area contributed by atoms with Gasteiger partial charge in [0, 0.05) is 27.1 Å². The monoisotopic (exact) mass is 425 g/mol.